The van der Waals surface area contributed by atoms with E-state index in [0.29, 0.717) is 6.42 Å². The Hall–Kier alpha value is -4.79. The van der Waals surface area contributed by atoms with E-state index in [1.165, 1.54) is 22.3 Å². The molecular weight excluding hydrogens is 830 g/mol. The van der Waals surface area contributed by atoms with Crippen molar-refractivity contribution in [1.82, 2.24) is 9.55 Å². The summed E-state index contributed by atoms with van der Waals surface area (Å²) in [7, 11) is 0. The van der Waals surface area contributed by atoms with Gasteiger partial charge in [0.2, 0.25) is 0 Å². The van der Waals surface area contributed by atoms with E-state index in [1.807, 2.05) is 12.3 Å². The second-order valence-corrected chi connectivity index (χ2v) is 16.5. The van der Waals surface area contributed by atoms with Crippen LogP contribution in [0.15, 0.2) is 120 Å². The van der Waals surface area contributed by atoms with Crippen molar-refractivity contribution in [3.8, 4) is 5.69 Å². The molecule has 2 heterocycles. The van der Waals surface area contributed by atoms with E-state index in [9.17, 15) is 5.11 Å². The quantitative estimate of drug-likeness (QED) is 0.109. The summed E-state index contributed by atoms with van der Waals surface area (Å²) >= 11 is 0. The number of hydrogen-bond acceptors (Lipinski definition) is 3. The van der Waals surface area contributed by atoms with Gasteiger partial charge in [0.1, 0.15) is 11.8 Å². The summed E-state index contributed by atoms with van der Waals surface area (Å²) in [6, 6.07) is 36.0. The molecule has 1 aliphatic carbocycles. The van der Waals surface area contributed by atoms with Crippen molar-refractivity contribution >= 4 is 49.1 Å². The number of aliphatic hydroxyl groups excluding tert-OH is 1. The Morgan fingerprint density at radius 2 is 1.43 bits per heavy atom. The van der Waals surface area contributed by atoms with E-state index in [0.717, 1.165) is 65.7 Å². The van der Waals surface area contributed by atoms with Crippen LogP contribution in [0.5, 0.6) is 0 Å². The monoisotopic (exact) mass is 875 g/mol. The molecule has 270 valence electrons. The van der Waals surface area contributed by atoms with E-state index in [2.05, 4.69) is 163 Å². The van der Waals surface area contributed by atoms with Gasteiger partial charge in [-0.25, -0.2) is 0 Å². The van der Waals surface area contributed by atoms with Crippen LogP contribution in [0.25, 0.3) is 54.7 Å². The Balaban J connectivity index is 0.00000435. The molecule has 7 aromatic rings. The smallest absolute Gasteiger partial charge is 0.117 e. The Bertz CT molecular complexity index is 2680. The zero-order valence-corrected chi connectivity index (χ0v) is 34.1. The molecule has 0 fully saturated rings. The van der Waals surface area contributed by atoms with Crippen LogP contribution in [0.2, 0.25) is 0 Å². The third-order valence-corrected chi connectivity index (χ3v) is 10.7. The van der Waals surface area contributed by atoms with Crippen LogP contribution in [-0.2, 0) is 31.9 Å². The van der Waals surface area contributed by atoms with Crippen molar-refractivity contribution < 1.29 is 26.2 Å². The number of nitrogens with zero attached hydrogens (tertiary/aromatic N) is 3. The number of allylic oxidation sites excluding steroid dienone is 2. The topological polar surface area (TPSA) is 50.4 Å². The largest absolute Gasteiger partial charge is 0.510 e. The molecule has 0 amide bonds. The van der Waals surface area contributed by atoms with Gasteiger partial charge in [0.15, 0.2) is 0 Å². The number of para-hydroxylation sites is 2. The number of aryl methyl sites for hydroxylation is 2. The Labute approximate surface area is 326 Å². The fourth-order valence-electron chi connectivity index (χ4n) is 7.62. The van der Waals surface area contributed by atoms with Crippen LogP contribution in [0, 0.1) is 19.9 Å². The van der Waals surface area contributed by atoms with E-state index in [4.69, 9.17) is 9.98 Å². The zero-order chi connectivity index (χ0) is 36.5. The van der Waals surface area contributed by atoms with Crippen LogP contribution in [-0.4, -0.2) is 20.7 Å². The van der Waals surface area contributed by atoms with Crippen molar-refractivity contribution in [2.24, 2.45) is 4.99 Å². The molecule has 8 rings (SSSR count). The SMILES string of the molecule is Cc1cccc(C)c1-n1c2cc3ccc4cc(C(C)(C)C)cnc4c3[c-]c2c(=NC2CC=C(c3ccc(C(C)(C)C)cc3)C=C2O)c2ccccc21.[Pt]. The normalized spacial score (nSPS) is 15.5. The first-order valence-corrected chi connectivity index (χ1v) is 18.3. The maximum atomic E-state index is 11.6. The van der Waals surface area contributed by atoms with Crippen LogP contribution in [0.4, 0.5) is 0 Å². The molecule has 0 saturated heterocycles. The predicted octanol–water partition coefficient (Wildman–Crippen LogP) is 11.7. The van der Waals surface area contributed by atoms with Crippen LogP contribution >= 0.6 is 0 Å². The molecule has 0 bridgehead atoms. The average Bonchev–Trinajstić information content (AvgIpc) is 3.11. The van der Waals surface area contributed by atoms with Gasteiger partial charge < -0.3 is 14.7 Å². The van der Waals surface area contributed by atoms with Crippen molar-refractivity contribution in [2.45, 2.75) is 78.7 Å². The summed E-state index contributed by atoms with van der Waals surface area (Å²) in [5.41, 5.74) is 11.2. The first-order chi connectivity index (χ1) is 24.8. The Kier molecular flexibility index (Phi) is 9.36. The van der Waals surface area contributed by atoms with Crippen LogP contribution in [0.3, 0.4) is 0 Å². The minimum atomic E-state index is -0.427. The Morgan fingerprint density at radius 3 is 2.11 bits per heavy atom. The van der Waals surface area contributed by atoms with E-state index < -0.39 is 6.04 Å². The van der Waals surface area contributed by atoms with Crippen molar-refractivity contribution in [1.29, 1.82) is 0 Å². The van der Waals surface area contributed by atoms with E-state index >= 15 is 0 Å². The minimum absolute atomic E-state index is 0. The molecule has 4 nitrogen and oxygen atoms in total. The maximum absolute atomic E-state index is 11.6. The molecule has 0 aliphatic heterocycles. The van der Waals surface area contributed by atoms with Crippen molar-refractivity contribution in [3.63, 3.8) is 0 Å². The summed E-state index contributed by atoms with van der Waals surface area (Å²) in [6.45, 7) is 17.7. The summed E-state index contributed by atoms with van der Waals surface area (Å²) in [5, 5.41) is 17.5. The second-order valence-electron chi connectivity index (χ2n) is 16.5. The number of rotatable bonds is 3. The molecule has 53 heavy (non-hydrogen) atoms. The van der Waals surface area contributed by atoms with Gasteiger partial charge in [-0.2, -0.15) is 0 Å². The van der Waals surface area contributed by atoms with E-state index in [-0.39, 0.29) is 37.7 Å². The molecule has 0 radical (unpaired) electrons. The predicted molar refractivity (Wildman–Crippen MR) is 218 cm³/mol. The summed E-state index contributed by atoms with van der Waals surface area (Å²) in [4.78, 5) is 10.5. The molecular formula is C48H46N3OPt-. The number of hydrogen-bond donors (Lipinski definition) is 1. The first kappa shape index (κ1) is 36.6. The van der Waals surface area contributed by atoms with Gasteiger partial charge in [-0.05, 0) is 92.9 Å². The zero-order valence-electron chi connectivity index (χ0n) is 31.8. The van der Waals surface area contributed by atoms with Crippen molar-refractivity contribution in [3.05, 3.63) is 154 Å². The van der Waals surface area contributed by atoms with Gasteiger partial charge in [0.05, 0.1) is 0 Å². The van der Waals surface area contributed by atoms with Gasteiger partial charge in [-0.15, -0.1) is 6.07 Å². The number of aromatic nitrogens is 2. The standard InChI is InChI=1S/C48H46N3O.Pt/c1-29-12-11-13-30(2)46(29)51-41-15-10-9-14-37(41)45(50-40-23-20-32(26-43(40)52)31-18-21-35(22-19-31)47(3,4)5)39-27-38-33(25-42(39)51)16-17-34-24-36(48(6,7)8)28-49-44(34)38;/h9-22,24-26,28,40,52H,23H2,1-8H3;/q-1;. The molecule has 5 heteroatoms. The maximum Gasteiger partial charge on any atom is 0.117 e. The molecule has 1 aliphatic rings. The van der Waals surface area contributed by atoms with Crippen molar-refractivity contribution in [2.75, 3.05) is 0 Å². The van der Waals surface area contributed by atoms with Gasteiger partial charge in [-0.3, -0.25) is 4.98 Å². The Morgan fingerprint density at radius 1 is 0.755 bits per heavy atom. The molecule has 5 aromatic carbocycles. The molecule has 0 spiro atoms. The molecule has 1 unspecified atom stereocenters. The summed E-state index contributed by atoms with van der Waals surface area (Å²) < 4.78 is 2.38. The average molecular weight is 876 g/mol. The molecule has 1 atom stereocenters. The second kappa shape index (κ2) is 13.6. The fourth-order valence-corrected chi connectivity index (χ4v) is 7.62. The first-order valence-electron chi connectivity index (χ1n) is 18.3. The number of benzene rings is 5. The number of pyridine rings is 2. The minimum Gasteiger partial charge on any atom is -0.510 e. The summed E-state index contributed by atoms with van der Waals surface area (Å²) in [6.07, 6.45) is 6.69. The fraction of sp³-hybridized carbons (Fsp3) is 0.250. The molecule has 1 N–H and O–H groups in total. The summed E-state index contributed by atoms with van der Waals surface area (Å²) in [5.74, 6) is 0.267. The van der Waals surface area contributed by atoms with Crippen LogP contribution < -0.4 is 5.36 Å². The number of fused-ring (bicyclic) bond motifs is 5. The number of aliphatic hydroxyl groups is 1. The van der Waals surface area contributed by atoms with Gasteiger partial charge in [0, 0.05) is 49.3 Å². The third kappa shape index (κ3) is 6.57. The van der Waals surface area contributed by atoms with Gasteiger partial charge in [-0.1, -0.05) is 149 Å². The van der Waals surface area contributed by atoms with E-state index in [1.54, 1.807) is 0 Å². The third-order valence-electron chi connectivity index (χ3n) is 10.7. The molecule has 0 saturated carbocycles. The van der Waals surface area contributed by atoms with Gasteiger partial charge >= 0.3 is 0 Å². The molecule has 2 aromatic heterocycles. The van der Waals surface area contributed by atoms with Gasteiger partial charge in [0.25, 0.3) is 0 Å². The van der Waals surface area contributed by atoms with Crippen LogP contribution in [0.1, 0.15) is 75.8 Å².